The van der Waals surface area contributed by atoms with E-state index in [1.165, 1.54) is 11.0 Å². The number of hydrogen-bond acceptors (Lipinski definition) is 5. The van der Waals surface area contributed by atoms with Gasteiger partial charge in [-0.15, -0.1) is 0 Å². The van der Waals surface area contributed by atoms with E-state index < -0.39 is 11.4 Å². The molecule has 1 aliphatic heterocycles. The van der Waals surface area contributed by atoms with Crippen LogP contribution < -0.4 is 4.90 Å². The van der Waals surface area contributed by atoms with Crippen molar-refractivity contribution in [3.63, 3.8) is 0 Å². The number of nitrogens with zero attached hydrogens (tertiary/aromatic N) is 1. The molecule has 1 aromatic rings. The summed E-state index contributed by atoms with van der Waals surface area (Å²) in [5.74, 6) is -1.63. The molecule has 3 fully saturated rings. The molecule has 8 heteroatoms. The monoisotopic (exact) mass is 539 g/mol. The Morgan fingerprint density at radius 1 is 1.07 bits per heavy atom. The molecule has 6 atom stereocenters. The number of anilines is 1. The van der Waals surface area contributed by atoms with Gasteiger partial charge in [-0.3, -0.25) is 19.3 Å². The van der Waals surface area contributed by atoms with Gasteiger partial charge in [-0.25, -0.2) is 4.79 Å². The standard InChI is InChI=1S/C22H23Br2NO5/c1-22(2,3)14(26)9-30-21(29)10-5-4-6-11(7-10)25-19(27)15-12-8-13(16(15)20(25)28)18(24)17(12)23/h4-7,12-13,15-18H,8-9H2,1-3H3/t12-,13-,15-,16-,17+,18+/m1/s1. The van der Waals surface area contributed by atoms with Gasteiger partial charge in [0.05, 0.1) is 23.1 Å². The molecule has 0 unspecified atom stereocenters. The zero-order chi connectivity index (χ0) is 22.0. The van der Waals surface area contributed by atoms with Crippen LogP contribution in [0.5, 0.6) is 0 Å². The summed E-state index contributed by atoms with van der Waals surface area (Å²) in [6.45, 7) is 4.95. The summed E-state index contributed by atoms with van der Waals surface area (Å²) in [6.07, 6.45) is 0.862. The van der Waals surface area contributed by atoms with Crippen LogP contribution in [0.2, 0.25) is 0 Å². The molecule has 2 aliphatic carbocycles. The van der Waals surface area contributed by atoms with E-state index in [0.717, 1.165) is 6.42 Å². The number of fused-ring (bicyclic) bond motifs is 5. The van der Waals surface area contributed by atoms with Gasteiger partial charge in [0.1, 0.15) is 0 Å². The molecule has 0 spiro atoms. The van der Waals surface area contributed by atoms with Crippen molar-refractivity contribution in [1.29, 1.82) is 0 Å². The van der Waals surface area contributed by atoms with Crippen LogP contribution in [0, 0.1) is 29.1 Å². The first-order valence-corrected chi connectivity index (χ1v) is 11.8. The lowest BCUT2D eigenvalue weighted by atomic mass is 9.81. The van der Waals surface area contributed by atoms with Gasteiger partial charge in [0.2, 0.25) is 11.8 Å². The number of rotatable bonds is 4. The lowest BCUT2D eigenvalue weighted by Crippen LogP contribution is -2.37. The SMILES string of the molecule is CC(C)(C)C(=O)COC(=O)c1cccc(N2C(=O)[C@@H]3[C@H]4C[C@@H]([C@H](Br)[C@H]4Br)[C@H]3C2=O)c1. The molecule has 30 heavy (non-hydrogen) atoms. The van der Waals surface area contributed by atoms with Gasteiger partial charge >= 0.3 is 5.97 Å². The number of halogens is 2. The maximum absolute atomic E-state index is 13.2. The second-order valence-corrected chi connectivity index (χ2v) is 11.4. The van der Waals surface area contributed by atoms with Crippen LogP contribution >= 0.6 is 31.9 Å². The predicted molar refractivity (Wildman–Crippen MR) is 118 cm³/mol. The van der Waals surface area contributed by atoms with Crippen LogP contribution in [-0.2, 0) is 19.1 Å². The molecule has 1 saturated heterocycles. The summed E-state index contributed by atoms with van der Waals surface area (Å²) in [4.78, 5) is 52.3. The lowest BCUT2D eigenvalue weighted by Gasteiger charge is -2.28. The fraction of sp³-hybridized carbons (Fsp3) is 0.545. The van der Waals surface area contributed by atoms with Crippen molar-refractivity contribution in [3.05, 3.63) is 29.8 Å². The summed E-state index contributed by atoms with van der Waals surface area (Å²) in [6, 6.07) is 6.29. The maximum atomic E-state index is 13.2. The number of carbonyl (C=O) groups is 4. The van der Waals surface area contributed by atoms with E-state index in [1.807, 2.05) is 0 Å². The van der Waals surface area contributed by atoms with E-state index >= 15 is 0 Å². The number of ketones is 1. The van der Waals surface area contributed by atoms with Gasteiger partial charge in [-0.05, 0) is 36.5 Å². The highest BCUT2D eigenvalue weighted by Gasteiger charge is 2.66. The average Bonchev–Trinajstić information content (AvgIpc) is 3.30. The number of carbonyl (C=O) groups excluding carboxylic acids is 4. The van der Waals surface area contributed by atoms with E-state index in [0.29, 0.717) is 5.69 Å². The Balaban J connectivity index is 1.53. The Hall–Kier alpha value is -1.54. The van der Waals surface area contributed by atoms with Crippen LogP contribution in [0.15, 0.2) is 24.3 Å². The Kier molecular flexibility index (Phi) is 5.46. The Morgan fingerprint density at radius 3 is 2.17 bits per heavy atom. The number of alkyl halides is 2. The van der Waals surface area contributed by atoms with Gasteiger partial charge in [0, 0.05) is 15.1 Å². The fourth-order valence-corrected chi connectivity index (χ4v) is 6.68. The predicted octanol–water partition coefficient (Wildman–Crippen LogP) is 3.74. The van der Waals surface area contributed by atoms with E-state index in [2.05, 4.69) is 31.9 Å². The number of benzene rings is 1. The molecule has 2 amide bonds. The highest BCUT2D eigenvalue weighted by molar-refractivity contribution is 9.12. The Bertz CT molecular complexity index is 908. The molecule has 1 heterocycles. The normalized spacial score (nSPS) is 32.5. The number of imide groups is 1. The van der Waals surface area contributed by atoms with E-state index in [1.54, 1.807) is 39.0 Å². The van der Waals surface area contributed by atoms with Crippen LogP contribution in [-0.4, -0.2) is 39.8 Å². The van der Waals surface area contributed by atoms with Gasteiger partial charge in [-0.1, -0.05) is 58.7 Å². The van der Waals surface area contributed by atoms with Gasteiger partial charge < -0.3 is 4.74 Å². The number of ether oxygens (including phenoxy) is 1. The van der Waals surface area contributed by atoms with E-state index in [-0.39, 0.29) is 63.1 Å². The first kappa shape index (κ1) is 21.7. The zero-order valence-corrected chi connectivity index (χ0v) is 20.1. The molecule has 0 aromatic heterocycles. The molecule has 0 N–H and O–H groups in total. The van der Waals surface area contributed by atoms with Crippen molar-refractivity contribution in [2.75, 3.05) is 11.5 Å². The quantitative estimate of drug-likeness (QED) is 0.330. The number of hydrogen-bond donors (Lipinski definition) is 0. The van der Waals surface area contributed by atoms with Crippen LogP contribution in [0.4, 0.5) is 5.69 Å². The second-order valence-electron chi connectivity index (χ2n) is 9.32. The van der Waals surface area contributed by atoms with Gasteiger partial charge in [0.15, 0.2) is 12.4 Å². The van der Waals surface area contributed by atoms with Crippen molar-refractivity contribution in [3.8, 4) is 0 Å². The molecule has 0 radical (unpaired) electrons. The first-order valence-electron chi connectivity index (χ1n) is 9.99. The van der Waals surface area contributed by atoms with E-state index in [9.17, 15) is 19.2 Å². The minimum absolute atomic E-state index is 0.127. The molecular formula is C22H23Br2NO5. The molecule has 2 bridgehead atoms. The summed E-state index contributed by atoms with van der Waals surface area (Å²) >= 11 is 7.35. The van der Waals surface area contributed by atoms with Gasteiger partial charge in [0.25, 0.3) is 0 Å². The van der Waals surface area contributed by atoms with Gasteiger partial charge in [-0.2, -0.15) is 0 Å². The number of Topliss-reactive ketones (excluding diaryl/α,β-unsaturated/α-hetero) is 1. The van der Waals surface area contributed by atoms with Crippen molar-refractivity contribution < 1.29 is 23.9 Å². The van der Waals surface area contributed by atoms with Crippen molar-refractivity contribution >= 4 is 61.1 Å². The average molecular weight is 541 g/mol. The Morgan fingerprint density at radius 2 is 1.63 bits per heavy atom. The van der Waals surface area contributed by atoms with Crippen LogP contribution in [0.1, 0.15) is 37.6 Å². The number of amides is 2. The van der Waals surface area contributed by atoms with Crippen molar-refractivity contribution in [2.24, 2.45) is 29.1 Å². The van der Waals surface area contributed by atoms with Crippen molar-refractivity contribution in [1.82, 2.24) is 0 Å². The van der Waals surface area contributed by atoms with Crippen LogP contribution in [0.3, 0.4) is 0 Å². The Labute approximate surface area is 192 Å². The smallest absolute Gasteiger partial charge is 0.338 e. The summed E-state index contributed by atoms with van der Waals surface area (Å²) in [5, 5.41) is 0. The van der Waals surface area contributed by atoms with Crippen LogP contribution in [0.25, 0.3) is 0 Å². The second kappa shape index (κ2) is 7.55. The third-order valence-corrected chi connectivity index (χ3v) is 9.70. The fourth-order valence-electron chi connectivity index (χ4n) is 4.81. The first-order chi connectivity index (χ1) is 14.0. The highest BCUT2D eigenvalue weighted by Crippen LogP contribution is 2.60. The third-order valence-electron chi connectivity index (χ3n) is 6.50. The minimum atomic E-state index is -0.658. The summed E-state index contributed by atoms with van der Waals surface area (Å²) in [5.41, 5.74) is -0.0342. The minimum Gasteiger partial charge on any atom is -0.454 e. The highest BCUT2D eigenvalue weighted by atomic mass is 79.9. The molecule has 1 aromatic carbocycles. The summed E-state index contributed by atoms with van der Waals surface area (Å²) < 4.78 is 5.15. The molecular weight excluding hydrogens is 518 g/mol. The topological polar surface area (TPSA) is 80.8 Å². The third kappa shape index (κ3) is 3.36. The summed E-state index contributed by atoms with van der Waals surface area (Å²) in [7, 11) is 0. The largest absolute Gasteiger partial charge is 0.454 e. The number of esters is 1. The van der Waals surface area contributed by atoms with Crippen molar-refractivity contribution in [2.45, 2.75) is 36.8 Å². The molecule has 3 aliphatic rings. The molecule has 2 saturated carbocycles. The molecule has 6 nitrogen and oxygen atoms in total. The molecule has 4 rings (SSSR count). The maximum Gasteiger partial charge on any atom is 0.338 e. The zero-order valence-electron chi connectivity index (χ0n) is 16.9. The molecule has 160 valence electrons. The lowest BCUT2D eigenvalue weighted by molar-refractivity contribution is -0.129. The van der Waals surface area contributed by atoms with E-state index in [4.69, 9.17) is 4.74 Å².